The van der Waals surface area contributed by atoms with Crippen LogP contribution in [0.1, 0.15) is 43.9 Å². The number of carbonyl (C=O) groups excluding carboxylic acids is 3. The number of halogens is 3. The van der Waals surface area contributed by atoms with Crippen molar-refractivity contribution in [3.63, 3.8) is 0 Å². The lowest BCUT2D eigenvalue weighted by Gasteiger charge is -2.27. The summed E-state index contributed by atoms with van der Waals surface area (Å²) in [4.78, 5) is 45.0. The second-order valence-corrected chi connectivity index (χ2v) is 10.4. The van der Waals surface area contributed by atoms with Gasteiger partial charge in [0.2, 0.25) is 0 Å². The summed E-state index contributed by atoms with van der Waals surface area (Å²) < 4.78 is 41.1. The maximum atomic E-state index is 13.9. The van der Waals surface area contributed by atoms with Crippen molar-refractivity contribution in [1.82, 2.24) is 15.1 Å². The Morgan fingerprint density at radius 2 is 1.40 bits per heavy atom. The van der Waals surface area contributed by atoms with Crippen molar-refractivity contribution in [3.8, 4) is 0 Å². The van der Waals surface area contributed by atoms with Crippen LogP contribution in [0.15, 0.2) is 60.7 Å². The fraction of sp³-hybridized carbons (Fsp3) is 0.323. The van der Waals surface area contributed by atoms with E-state index in [0.717, 1.165) is 25.1 Å². The second-order valence-electron chi connectivity index (χ2n) is 10.4. The Hall–Kier alpha value is -4.38. The fourth-order valence-corrected chi connectivity index (χ4v) is 5.27. The van der Waals surface area contributed by atoms with E-state index in [2.05, 4.69) is 10.6 Å². The molecule has 0 aliphatic carbocycles. The molecule has 0 saturated carbocycles. The average molecular weight is 580 g/mol. The lowest BCUT2D eigenvalue weighted by Crippen LogP contribution is -2.35. The number of rotatable bonds is 5. The second kappa shape index (κ2) is 13.1. The first kappa shape index (κ1) is 29.1. The molecule has 2 heterocycles. The third kappa shape index (κ3) is 6.73. The molecule has 0 radical (unpaired) electrons. The highest BCUT2D eigenvalue weighted by atomic mass is 19.2. The topological polar surface area (TPSA) is 85.0 Å². The van der Waals surface area contributed by atoms with Crippen molar-refractivity contribution in [2.45, 2.75) is 12.8 Å². The zero-order valence-corrected chi connectivity index (χ0v) is 23.0. The van der Waals surface area contributed by atoms with Gasteiger partial charge in [-0.3, -0.25) is 14.4 Å². The third-order valence-corrected chi connectivity index (χ3v) is 7.50. The van der Waals surface area contributed by atoms with Crippen molar-refractivity contribution in [3.05, 3.63) is 94.8 Å². The van der Waals surface area contributed by atoms with Gasteiger partial charge in [0.15, 0.2) is 11.6 Å². The van der Waals surface area contributed by atoms with E-state index in [-0.39, 0.29) is 22.9 Å². The molecule has 42 heavy (non-hydrogen) atoms. The van der Waals surface area contributed by atoms with Crippen LogP contribution in [0, 0.1) is 17.5 Å². The maximum absolute atomic E-state index is 13.9. The van der Waals surface area contributed by atoms with Gasteiger partial charge in [0, 0.05) is 62.5 Å². The largest absolute Gasteiger partial charge is 0.368 e. The third-order valence-electron chi connectivity index (χ3n) is 7.50. The van der Waals surface area contributed by atoms with Crippen LogP contribution < -0.4 is 15.5 Å². The van der Waals surface area contributed by atoms with Gasteiger partial charge in [-0.2, -0.15) is 0 Å². The van der Waals surface area contributed by atoms with Crippen LogP contribution in [-0.2, 0) is 0 Å². The molecule has 2 fully saturated rings. The van der Waals surface area contributed by atoms with Crippen molar-refractivity contribution in [2.75, 3.05) is 62.6 Å². The molecule has 220 valence electrons. The van der Waals surface area contributed by atoms with Crippen LogP contribution in [0.2, 0.25) is 0 Å². The van der Waals surface area contributed by atoms with Crippen LogP contribution >= 0.6 is 0 Å². The van der Waals surface area contributed by atoms with Gasteiger partial charge < -0.3 is 25.3 Å². The van der Waals surface area contributed by atoms with Crippen molar-refractivity contribution < 1.29 is 27.6 Å². The first-order chi connectivity index (χ1) is 20.3. The van der Waals surface area contributed by atoms with Gasteiger partial charge in [0.25, 0.3) is 17.7 Å². The summed E-state index contributed by atoms with van der Waals surface area (Å²) in [5.41, 5.74) is 1.56. The van der Waals surface area contributed by atoms with Gasteiger partial charge in [-0.05, 0) is 74.0 Å². The molecule has 0 bridgehead atoms. The summed E-state index contributed by atoms with van der Waals surface area (Å²) in [6.45, 7) is 4.44. The number of nitrogens with zero attached hydrogens (tertiary/aromatic N) is 3. The zero-order chi connectivity index (χ0) is 29.6. The standard InChI is InChI=1S/C31H32F3N5O3/c32-24-5-1-4-22(18-24)30(41)39-14-3-13-37(16-17-39)28-9-7-23(31(42)38-12-2-10-35-11-15-38)20-27(28)36-29(40)21-6-8-25(33)26(34)19-21/h1,4-9,18-20,35H,2-3,10-17H2,(H,36,40). The minimum Gasteiger partial charge on any atom is -0.368 e. The van der Waals surface area contributed by atoms with E-state index in [4.69, 9.17) is 0 Å². The smallest absolute Gasteiger partial charge is 0.255 e. The molecule has 0 atom stereocenters. The van der Waals surface area contributed by atoms with E-state index >= 15 is 0 Å². The van der Waals surface area contributed by atoms with Gasteiger partial charge in [0.1, 0.15) is 5.82 Å². The lowest BCUT2D eigenvalue weighted by molar-refractivity contribution is 0.0759. The Morgan fingerprint density at radius 3 is 2.19 bits per heavy atom. The highest BCUT2D eigenvalue weighted by molar-refractivity contribution is 6.07. The number of amides is 3. The summed E-state index contributed by atoms with van der Waals surface area (Å²) in [7, 11) is 0. The van der Waals surface area contributed by atoms with E-state index < -0.39 is 23.4 Å². The Labute approximate surface area is 242 Å². The van der Waals surface area contributed by atoms with E-state index in [1.54, 1.807) is 34.1 Å². The molecule has 3 amide bonds. The summed E-state index contributed by atoms with van der Waals surface area (Å²) in [6, 6.07) is 13.6. The maximum Gasteiger partial charge on any atom is 0.255 e. The predicted molar refractivity (Wildman–Crippen MR) is 153 cm³/mol. The molecule has 8 nitrogen and oxygen atoms in total. The van der Waals surface area contributed by atoms with E-state index in [1.807, 2.05) is 4.90 Å². The highest BCUT2D eigenvalue weighted by Crippen LogP contribution is 2.30. The average Bonchev–Trinajstić information content (AvgIpc) is 3.42. The summed E-state index contributed by atoms with van der Waals surface area (Å²) >= 11 is 0. The number of hydrogen-bond acceptors (Lipinski definition) is 5. The molecular formula is C31H32F3N5O3. The molecule has 5 rings (SSSR count). The predicted octanol–water partition coefficient (Wildman–Crippen LogP) is 4.14. The number of carbonyl (C=O) groups is 3. The number of hydrogen-bond donors (Lipinski definition) is 2. The minimum atomic E-state index is -1.14. The molecule has 0 unspecified atom stereocenters. The van der Waals surface area contributed by atoms with Crippen LogP contribution in [0.3, 0.4) is 0 Å². The normalized spacial score (nSPS) is 16.0. The van der Waals surface area contributed by atoms with Crippen LogP contribution in [0.4, 0.5) is 24.5 Å². The quantitative estimate of drug-likeness (QED) is 0.475. The Morgan fingerprint density at radius 1 is 0.667 bits per heavy atom. The van der Waals surface area contributed by atoms with Gasteiger partial charge in [0.05, 0.1) is 11.4 Å². The zero-order valence-electron chi connectivity index (χ0n) is 23.0. The summed E-state index contributed by atoms with van der Waals surface area (Å²) in [5.74, 6) is -3.78. The summed E-state index contributed by atoms with van der Waals surface area (Å²) in [6.07, 6.45) is 1.43. The molecule has 2 saturated heterocycles. The Balaban J connectivity index is 1.40. The highest BCUT2D eigenvalue weighted by Gasteiger charge is 2.25. The van der Waals surface area contributed by atoms with Crippen LogP contribution in [0.5, 0.6) is 0 Å². The number of anilines is 2. The van der Waals surface area contributed by atoms with E-state index in [0.29, 0.717) is 69.2 Å². The summed E-state index contributed by atoms with van der Waals surface area (Å²) in [5, 5.41) is 6.06. The molecule has 11 heteroatoms. The van der Waals surface area contributed by atoms with Crippen molar-refractivity contribution >= 4 is 29.1 Å². The molecule has 0 spiro atoms. The Kier molecular flexibility index (Phi) is 9.06. The van der Waals surface area contributed by atoms with Gasteiger partial charge >= 0.3 is 0 Å². The molecule has 3 aromatic rings. The lowest BCUT2D eigenvalue weighted by atomic mass is 10.1. The molecular weight excluding hydrogens is 547 g/mol. The molecule has 2 aliphatic heterocycles. The fourth-order valence-electron chi connectivity index (χ4n) is 5.27. The van der Waals surface area contributed by atoms with Crippen molar-refractivity contribution in [2.24, 2.45) is 0 Å². The van der Waals surface area contributed by atoms with Crippen LogP contribution in [-0.4, -0.2) is 79.9 Å². The van der Waals surface area contributed by atoms with Gasteiger partial charge in [-0.1, -0.05) is 6.07 Å². The molecule has 2 aliphatic rings. The van der Waals surface area contributed by atoms with E-state index in [9.17, 15) is 27.6 Å². The number of benzene rings is 3. The van der Waals surface area contributed by atoms with Gasteiger partial charge in [-0.15, -0.1) is 0 Å². The van der Waals surface area contributed by atoms with Crippen molar-refractivity contribution in [1.29, 1.82) is 0 Å². The molecule has 0 aromatic heterocycles. The Bertz CT molecular complexity index is 1480. The van der Waals surface area contributed by atoms with Gasteiger partial charge in [-0.25, -0.2) is 13.2 Å². The van der Waals surface area contributed by atoms with Crippen LogP contribution in [0.25, 0.3) is 0 Å². The monoisotopic (exact) mass is 579 g/mol. The first-order valence-electron chi connectivity index (χ1n) is 14.0. The number of nitrogens with one attached hydrogen (secondary N) is 2. The SMILES string of the molecule is O=C(Nc1cc(C(=O)N2CCCNCC2)ccc1N1CCCN(C(=O)c2cccc(F)c2)CC1)c1ccc(F)c(F)c1. The molecule has 2 N–H and O–H groups in total. The first-order valence-corrected chi connectivity index (χ1v) is 14.0. The van der Waals surface area contributed by atoms with E-state index in [1.165, 1.54) is 24.3 Å². The minimum absolute atomic E-state index is 0.0714. The molecule has 3 aromatic carbocycles.